The summed E-state index contributed by atoms with van der Waals surface area (Å²) in [4.78, 5) is 0. The van der Waals surface area contributed by atoms with Gasteiger partial charge in [0.25, 0.3) is 0 Å². The first-order valence-corrected chi connectivity index (χ1v) is 4.93. The molecule has 0 aliphatic carbocycles. The molecular weight excluding hydrogens is 205 g/mol. The predicted octanol–water partition coefficient (Wildman–Crippen LogP) is 2.68. The molecule has 1 aliphatic heterocycles. The van der Waals surface area contributed by atoms with Gasteiger partial charge in [-0.25, -0.2) is 4.39 Å². The summed E-state index contributed by atoms with van der Waals surface area (Å²) >= 11 is 5.65. The second-order valence-electron chi connectivity index (χ2n) is 3.31. The molecule has 1 atom stereocenters. The topological polar surface area (TPSA) is 21.3 Å². The van der Waals surface area contributed by atoms with Crippen LogP contribution in [0.3, 0.4) is 0 Å². The van der Waals surface area contributed by atoms with Crippen LogP contribution in [-0.4, -0.2) is 19.3 Å². The standard InChI is InChI=1S/C10H11ClFNO/c11-8-2-1-3-9(10(8)12)13-7-4-5-14-6-7/h1-3,7,13H,4-6H2. The molecule has 0 radical (unpaired) electrons. The van der Waals surface area contributed by atoms with E-state index in [1.165, 1.54) is 6.07 Å². The highest BCUT2D eigenvalue weighted by atomic mass is 35.5. The largest absolute Gasteiger partial charge is 0.379 e. The fraction of sp³-hybridized carbons (Fsp3) is 0.400. The summed E-state index contributed by atoms with van der Waals surface area (Å²) < 4.78 is 18.6. The maximum absolute atomic E-state index is 13.4. The summed E-state index contributed by atoms with van der Waals surface area (Å²) in [6.07, 6.45) is 0.909. The van der Waals surface area contributed by atoms with Crippen molar-refractivity contribution in [2.75, 3.05) is 18.5 Å². The number of hydrogen-bond acceptors (Lipinski definition) is 2. The van der Waals surface area contributed by atoms with E-state index >= 15 is 0 Å². The van der Waals surface area contributed by atoms with Crippen molar-refractivity contribution in [2.24, 2.45) is 0 Å². The Balaban J connectivity index is 2.11. The molecule has 1 fully saturated rings. The van der Waals surface area contributed by atoms with Crippen LogP contribution < -0.4 is 5.32 Å². The van der Waals surface area contributed by atoms with Gasteiger partial charge in [0, 0.05) is 6.61 Å². The van der Waals surface area contributed by atoms with Gasteiger partial charge in [0.05, 0.1) is 23.4 Å². The zero-order valence-corrected chi connectivity index (χ0v) is 8.35. The van der Waals surface area contributed by atoms with Crippen LogP contribution in [0.4, 0.5) is 10.1 Å². The lowest BCUT2D eigenvalue weighted by molar-refractivity contribution is 0.195. The van der Waals surface area contributed by atoms with Crippen molar-refractivity contribution in [3.8, 4) is 0 Å². The van der Waals surface area contributed by atoms with Crippen LogP contribution in [0.5, 0.6) is 0 Å². The molecule has 1 aromatic carbocycles. The van der Waals surface area contributed by atoms with Gasteiger partial charge in [-0.15, -0.1) is 0 Å². The Morgan fingerprint density at radius 3 is 3.07 bits per heavy atom. The highest BCUT2D eigenvalue weighted by Crippen LogP contribution is 2.23. The van der Waals surface area contributed by atoms with E-state index in [1.807, 2.05) is 0 Å². The third-order valence-electron chi connectivity index (χ3n) is 2.24. The average molecular weight is 216 g/mol. The fourth-order valence-corrected chi connectivity index (χ4v) is 1.66. The third-order valence-corrected chi connectivity index (χ3v) is 2.53. The van der Waals surface area contributed by atoms with E-state index in [-0.39, 0.29) is 16.9 Å². The van der Waals surface area contributed by atoms with Crippen molar-refractivity contribution >= 4 is 17.3 Å². The van der Waals surface area contributed by atoms with Gasteiger partial charge in [-0.2, -0.15) is 0 Å². The minimum Gasteiger partial charge on any atom is -0.379 e. The summed E-state index contributed by atoms with van der Waals surface area (Å²) in [6, 6.07) is 5.14. The predicted molar refractivity (Wildman–Crippen MR) is 54.3 cm³/mol. The van der Waals surface area contributed by atoms with Gasteiger partial charge in [0.2, 0.25) is 0 Å². The molecule has 1 unspecified atom stereocenters. The van der Waals surface area contributed by atoms with Crippen molar-refractivity contribution in [3.63, 3.8) is 0 Å². The first-order valence-electron chi connectivity index (χ1n) is 4.55. The van der Waals surface area contributed by atoms with Crippen molar-refractivity contribution < 1.29 is 9.13 Å². The lowest BCUT2D eigenvalue weighted by atomic mass is 10.2. The smallest absolute Gasteiger partial charge is 0.164 e. The Bertz CT molecular complexity index is 326. The highest BCUT2D eigenvalue weighted by Gasteiger charge is 2.17. The Kier molecular flexibility index (Phi) is 2.89. The highest BCUT2D eigenvalue weighted by molar-refractivity contribution is 6.31. The molecule has 2 nitrogen and oxygen atoms in total. The summed E-state index contributed by atoms with van der Waals surface area (Å²) in [5, 5.41) is 3.21. The Morgan fingerprint density at radius 2 is 2.36 bits per heavy atom. The molecule has 4 heteroatoms. The van der Waals surface area contributed by atoms with E-state index in [9.17, 15) is 4.39 Å². The van der Waals surface area contributed by atoms with E-state index in [0.29, 0.717) is 12.3 Å². The van der Waals surface area contributed by atoms with Crippen LogP contribution in [0.25, 0.3) is 0 Å². The monoisotopic (exact) mass is 215 g/mol. The zero-order valence-electron chi connectivity index (χ0n) is 7.59. The van der Waals surface area contributed by atoms with E-state index in [4.69, 9.17) is 16.3 Å². The molecule has 1 saturated heterocycles. The van der Waals surface area contributed by atoms with Gasteiger partial charge in [-0.05, 0) is 18.6 Å². The Morgan fingerprint density at radius 1 is 1.50 bits per heavy atom. The lowest BCUT2D eigenvalue weighted by Gasteiger charge is -2.13. The van der Waals surface area contributed by atoms with Crippen LogP contribution >= 0.6 is 11.6 Å². The molecule has 0 aromatic heterocycles. The molecule has 0 amide bonds. The van der Waals surface area contributed by atoms with Crippen molar-refractivity contribution in [1.29, 1.82) is 0 Å². The van der Waals surface area contributed by atoms with E-state index in [2.05, 4.69) is 5.32 Å². The maximum atomic E-state index is 13.4. The quantitative estimate of drug-likeness (QED) is 0.819. The van der Waals surface area contributed by atoms with Gasteiger partial charge in [0.15, 0.2) is 5.82 Å². The minimum atomic E-state index is -0.388. The Labute approximate surface area is 87.0 Å². The molecular formula is C10H11ClFNO. The number of nitrogens with one attached hydrogen (secondary N) is 1. The van der Waals surface area contributed by atoms with Crippen LogP contribution in [-0.2, 0) is 4.74 Å². The van der Waals surface area contributed by atoms with Crippen molar-refractivity contribution in [2.45, 2.75) is 12.5 Å². The van der Waals surface area contributed by atoms with Crippen LogP contribution in [0.15, 0.2) is 18.2 Å². The number of anilines is 1. The molecule has 1 heterocycles. The summed E-state index contributed by atoms with van der Waals surface area (Å²) in [6.45, 7) is 1.37. The number of benzene rings is 1. The van der Waals surface area contributed by atoms with Crippen molar-refractivity contribution in [3.05, 3.63) is 29.0 Å². The zero-order chi connectivity index (χ0) is 9.97. The molecule has 1 aromatic rings. The first-order chi connectivity index (χ1) is 6.77. The van der Waals surface area contributed by atoms with E-state index in [1.54, 1.807) is 12.1 Å². The fourth-order valence-electron chi connectivity index (χ4n) is 1.48. The first kappa shape index (κ1) is 9.74. The summed E-state index contributed by atoms with van der Waals surface area (Å²) in [5.41, 5.74) is 0.452. The summed E-state index contributed by atoms with van der Waals surface area (Å²) in [5.74, 6) is -0.388. The van der Waals surface area contributed by atoms with Crippen molar-refractivity contribution in [1.82, 2.24) is 0 Å². The number of hydrogen-bond donors (Lipinski definition) is 1. The number of ether oxygens (including phenoxy) is 1. The molecule has 76 valence electrons. The number of halogens is 2. The molecule has 1 aliphatic rings. The van der Waals surface area contributed by atoms with Crippen LogP contribution in [0, 0.1) is 5.82 Å². The maximum Gasteiger partial charge on any atom is 0.164 e. The third kappa shape index (κ3) is 1.99. The molecule has 0 bridgehead atoms. The van der Waals surface area contributed by atoms with Crippen LogP contribution in [0.2, 0.25) is 5.02 Å². The summed E-state index contributed by atoms with van der Waals surface area (Å²) in [7, 11) is 0. The minimum absolute atomic E-state index is 0.147. The average Bonchev–Trinajstić information content (AvgIpc) is 2.66. The molecule has 0 saturated carbocycles. The Hall–Kier alpha value is -0.800. The van der Waals surface area contributed by atoms with Crippen LogP contribution in [0.1, 0.15) is 6.42 Å². The van der Waals surface area contributed by atoms with E-state index in [0.717, 1.165) is 13.0 Å². The van der Waals surface area contributed by atoms with Gasteiger partial charge in [-0.1, -0.05) is 17.7 Å². The second-order valence-corrected chi connectivity index (χ2v) is 3.71. The normalized spacial score (nSPS) is 21.1. The molecule has 14 heavy (non-hydrogen) atoms. The SMILES string of the molecule is Fc1c(Cl)cccc1NC1CCOC1. The van der Waals surface area contributed by atoms with Gasteiger partial charge < -0.3 is 10.1 Å². The van der Waals surface area contributed by atoms with Gasteiger partial charge in [-0.3, -0.25) is 0 Å². The second kappa shape index (κ2) is 4.15. The van der Waals surface area contributed by atoms with E-state index < -0.39 is 0 Å². The molecule has 2 rings (SSSR count). The van der Waals surface area contributed by atoms with Gasteiger partial charge >= 0.3 is 0 Å². The van der Waals surface area contributed by atoms with Gasteiger partial charge in [0.1, 0.15) is 0 Å². The molecule has 0 spiro atoms. The number of rotatable bonds is 2. The lowest BCUT2D eigenvalue weighted by Crippen LogP contribution is -2.19. The molecule has 1 N–H and O–H groups in total.